The van der Waals surface area contributed by atoms with Gasteiger partial charge in [-0.25, -0.2) is 9.69 Å². The van der Waals surface area contributed by atoms with Crippen molar-refractivity contribution >= 4 is 6.09 Å². The van der Waals surface area contributed by atoms with Gasteiger partial charge in [-0.1, -0.05) is 0 Å². The third kappa shape index (κ3) is 1.11. The summed E-state index contributed by atoms with van der Waals surface area (Å²) >= 11 is 0. The van der Waals surface area contributed by atoms with Crippen molar-refractivity contribution in [3.63, 3.8) is 0 Å². The maximum atomic E-state index is 10.1. The van der Waals surface area contributed by atoms with E-state index in [1.807, 2.05) is 0 Å². The summed E-state index contributed by atoms with van der Waals surface area (Å²) < 4.78 is 0. The number of rotatable bonds is 1. The Balaban J connectivity index is 2.50. The maximum Gasteiger partial charge on any atom is 0.420 e. The lowest BCUT2D eigenvalue weighted by molar-refractivity contribution is 0.163. The summed E-state index contributed by atoms with van der Waals surface area (Å²) in [5, 5.41) is 16.5. The Morgan fingerprint density at radius 3 is 2.44 bits per heavy atom. The molecule has 1 rings (SSSR count). The van der Waals surface area contributed by atoms with Crippen molar-refractivity contribution in [1.82, 2.24) is 4.90 Å². The van der Waals surface area contributed by atoms with Crippen LogP contribution in [-0.4, -0.2) is 22.1 Å². The minimum absolute atomic E-state index is 0.0208. The number of amides is 1. The van der Waals surface area contributed by atoms with Gasteiger partial charge in [-0.05, 0) is 12.8 Å². The minimum Gasteiger partial charge on any atom is -0.464 e. The van der Waals surface area contributed by atoms with Crippen LogP contribution in [0.2, 0.25) is 0 Å². The maximum absolute atomic E-state index is 10.1. The Kier molecular flexibility index (Phi) is 1.27. The molecular formula is C5H6N2O2. The quantitative estimate of drug-likeness (QED) is 0.413. The molecule has 0 aromatic heterocycles. The SMILES string of the molecule is N#CN(C(=O)O)C1CC1. The third-order valence-electron chi connectivity index (χ3n) is 1.23. The van der Waals surface area contributed by atoms with Crippen LogP contribution in [0, 0.1) is 11.5 Å². The van der Waals surface area contributed by atoms with Gasteiger partial charge in [0.25, 0.3) is 0 Å². The first-order valence-electron chi connectivity index (χ1n) is 2.67. The van der Waals surface area contributed by atoms with E-state index in [-0.39, 0.29) is 6.04 Å². The fraction of sp³-hybridized carbons (Fsp3) is 0.600. The van der Waals surface area contributed by atoms with Gasteiger partial charge in [0, 0.05) is 0 Å². The average molecular weight is 126 g/mol. The van der Waals surface area contributed by atoms with Gasteiger partial charge in [0.1, 0.15) is 0 Å². The number of carbonyl (C=O) groups is 1. The predicted octanol–water partition coefficient (Wildman–Crippen LogP) is 0.610. The van der Waals surface area contributed by atoms with Gasteiger partial charge >= 0.3 is 6.09 Å². The Bertz CT molecular complexity index is 168. The second-order valence-corrected chi connectivity index (χ2v) is 1.98. The van der Waals surface area contributed by atoms with E-state index in [1.165, 1.54) is 0 Å². The van der Waals surface area contributed by atoms with Crippen molar-refractivity contribution in [3.8, 4) is 6.19 Å². The van der Waals surface area contributed by atoms with Crippen molar-refractivity contribution < 1.29 is 9.90 Å². The minimum atomic E-state index is -1.14. The van der Waals surface area contributed by atoms with E-state index in [0.29, 0.717) is 0 Å². The summed E-state index contributed by atoms with van der Waals surface area (Å²) in [6.07, 6.45) is 2.12. The van der Waals surface area contributed by atoms with Gasteiger partial charge in [0.15, 0.2) is 6.19 Å². The van der Waals surface area contributed by atoms with Crippen molar-refractivity contribution in [1.29, 1.82) is 5.26 Å². The zero-order valence-electron chi connectivity index (χ0n) is 4.74. The molecule has 0 heterocycles. The highest BCUT2D eigenvalue weighted by Crippen LogP contribution is 2.25. The molecule has 1 saturated carbocycles. The lowest BCUT2D eigenvalue weighted by atomic mass is 10.6. The zero-order chi connectivity index (χ0) is 6.85. The molecule has 0 bridgehead atoms. The van der Waals surface area contributed by atoms with E-state index in [9.17, 15) is 4.79 Å². The van der Waals surface area contributed by atoms with Crippen molar-refractivity contribution in [2.24, 2.45) is 0 Å². The topological polar surface area (TPSA) is 64.3 Å². The van der Waals surface area contributed by atoms with E-state index in [0.717, 1.165) is 17.7 Å². The molecule has 48 valence electrons. The van der Waals surface area contributed by atoms with Crippen molar-refractivity contribution in [2.45, 2.75) is 18.9 Å². The zero-order valence-corrected chi connectivity index (χ0v) is 4.74. The molecule has 0 unspecified atom stereocenters. The second kappa shape index (κ2) is 1.94. The van der Waals surface area contributed by atoms with E-state index < -0.39 is 6.09 Å². The predicted molar refractivity (Wildman–Crippen MR) is 28.5 cm³/mol. The number of nitrogens with zero attached hydrogens (tertiary/aromatic N) is 2. The van der Waals surface area contributed by atoms with E-state index >= 15 is 0 Å². The summed E-state index contributed by atoms with van der Waals surface area (Å²) in [6, 6.07) is -0.0208. The summed E-state index contributed by atoms with van der Waals surface area (Å²) in [4.78, 5) is 10.9. The summed E-state index contributed by atoms with van der Waals surface area (Å²) in [5.41, 5.74) is 0. The van der Waals surface area contributed by atoms with Crippen LogP contribution >= 0.6 is 0 Å². The fourth-order valence-electron chi connectivity index (χ4n) is 0.613. The molecule has 9 heavy (non-hydrogen) atoms. The Morgan fingerprint density at radius 2 is 2.33 bits per heavy atom. The Morgan fingerprint density at radius 1 is 1.78 bits per heavy atom. The van der Waals surface area contributed by atoms with Crippen LogP contribution < -0.4 is 0 Å². The molecule has 1 amide bonds. The van der Waals surface area contributed by atoms with Gasteiger partial charge in [-0.15, -0.1) is 0 Å². The van der Waals surface area contributed by atoms with E-state index in [1.54, 1.807) is 6.19 Å². The van der Waals surface area contributed by atoms with Crippen LogP contribution in [0.3, 0.4) is 0 Å². The van der Waals surface area contributed by atoms with Crippen molar-refractivity contribution in [2.75, 3.05) is 0 Å². The fourth-order valence-corrected chi connectivity index (χ4v) is 0.613. The van der Waals surface area contributed by atoms with Crippen LogP contribution in [0.15, 0.2) is 0 Å². The first kappa shape index (κ1) is 5.89. The molecule has 1 aliphatic rings. The molecule has 0 radical (unpaired) electrons. The Hall–Kier alpha value is -1.24. The van der Waals surface area contributed by atoms with Crippen LogP contribution in [-0.2, 0) is 0 Å². The lowest BCUT2D eigenvalue weighted by Gasteiger charge is -2.04. The van der Waals surface area contributed by atoms with Crippen LogP contribution in [0.25, 0.3) is 0 Å². The van der Waals surface area contributed by atoms with Gasteiger partial charge in [-0.3, -0.25) is 0 Å². The van der Waals surface area contributed by atoms with Gasteiger partial charge in [0.05, 0.1) is 6.04 Å². The third-order valence-corrected chi connectivity index (χ3v) is 1.23. The van der Waals surface area contributed by atoms with Crippen LogP contribution in [0.1, 0.15) is 12.8 Å². The summed E-state index contributed by atoms with van der Waals surface area (Å²) in [7, 11) is 0. The number of hydrogen-bond acceptors (Lipinski definition) is 2. The molecule has 0 spiro atoms. The number of nitriles is 1. The number of hydrogen-bond donors (Lipinski definition) is 1. The molecule has 0 aromatic rings. The molecule has 1 fully saturated rings. The monoisotopic (exact) mass is 126 g/mol. The van der Waals surface area contributed by atoms with E-state index in [2.05, 4.69) is 0 Å². The molecule has 0 atom stereocenters. The second-order valence-electron chi connectivity index (χ2n) is 1.98. The normalized spacial score (nSPS) is 16.3. The summed E-state index contributed by atoms with van der Waals surface area (Å²) in [5.74, 6) is 0. The average Bonchev–Trinajstić information content (AvgIpc) is 2.50. The highest BCUT2D eigenvalue weighted by atomic mass is 16.4. The largest absolute Gasteiger partial charge is 0.464 e. The highest BCUT2D eigenvalue weighted by Gasteiger charge is 2.32. The first-order chi connectivity index (χ1) is 4.25. The molecule has 4 nitrogen and oxygen atoms in total. The van der Waals surface area contributed by atoms with Crippen molar-refractivity contribution in [3.05, 3.63) is 0 Å². The smallest absolute Gasteiger partial charge is 0.420 e. The van der Waals surface area contributed by atoms with Gasteiger partial charge < -0.3 is 5.11 Å². The van der Waals surface area contributed by atoms with Gasteiger partial charge in [-0.2, -0.15) is 5.26 Å². The molecule has 1 N–H and O–H groups in total. The number of carboxylic acid groups (broad SMARTS) is 1. The summed E-state index contributed by atoms with van der Waals surface area (Å²) in [6.45, 7) is 0. The molecule has 4 heteroatoms. The van der Waals surface area contributed by atoms with Gasteiger partial charge in [0.2, 0.25) is 0 Å². The molecular weight excluding hydrogens is 120 g/mol. The first-order valence-corrected chi connectivity index (χ1v) is 2.67. The highest BCUT2D eigenvalue weighted by molar-refractivity contribution is 5.67. The Labute approximate surface area is 52.3 Å². The molecule has 0 saturated heterocycles. The van der Waals surface area contributed by atoms with Crippen LogP contribution in [0.5, 0.6) is 0 Å². The molecule has 0 aromatic carbocycles. The lowest BCUT2D eigenvalue weighted by Crippen LogP contribution is -2.25. The molecule has 0 aliphatic heterocycles. The van der Waals surface area contributed by atoms with E-state index in [4.69, 9.17) is 10.4 Å². The standard InChI is InChI=1S/C5H6N2O2/c6-3-7(5(8)9)4-1-2-4/h4H,1-2H2,(H,8,9). The molecule has 1 aliphatic carbocycles. The van der Waals surface area contributed by atoms with Crippen LogP contribution in [0.4, 0.5) is 4.79 Å².